The van der Waals surface area contributed by atoms with E-state index >= 15 is 0 Å². The molecular weight excluding hydrogens is 346 g/mol. The van der Waals surface area contributed by atoms with Gasteiger partial charge in [0, 0.05) is 6.42 Å². The van der Waals surface area contributed by atoms with Gasteiger partial charge < -0.3 is 4.74 Å². The lowest BCUT2D eigenvalue weighted by Gasteiger charge is -2.08. The van der Waals surface area contributed by atoms with Crippen LogP contribution < -0.4 is 10.5 Å². The molecule has 3 heteroatoms. The molecule has 28 heavy (non-hydrogen) atoms. The second kappa shape index (κ2) is 17.6. The van der Waals surface area contributed by atoms with Crippen molar-refractivity contribution in [3.63, 3.8) is 0 Å². The Balaban J connectivity index is 1.96. The molecule has 0 bridgehead atoms. The van der Waals surface area contributed by atoms with Crippen LogP contribution in [0.2, 0.25) is 0 Å². The van der Waals surface area contributed by atoms with Gasteiger partial charge in [-0.15, -0.1) is 0 Å². The predicted octanol–water partition coefficient (Wildman–Crippen LogP) is 7.29. The number of nitrogens with one attached hydrogen (secondary N) is 1. The van der Waals surface area contributed by atoms with Gasteiger partial charge in [-0.1, -0.05) is 96.1 Å². The van der Waals surface area contributed by atoms with Gasteiger partial charge in [-0.2, -0.15) is 0 Å². The van der Waals surface area contributed by atoms with E-state index in [-0.39, 0.29) is 6.42 Å². The maximum absolute atomic E-state index is 10.6. The van der Waals surface area contributed by atoms with E-state index in [2.05, 4.69) is 19.1 Å². The second-order valence-electron chi connectivity index (χ2n) is 8.02. The Morgan fingerprint density at radius 1 is 0.821 bits per heavy atom. The molecular formula is C25H42NO2. The van der Waals surface area contributed by atoms with E-state index in [0.29, 0.717) is 13.0 Å². The molecule has 1 amide bonds. The molecule has 0 aliphatic heterocycles. The number of rotatable bonds is 19. The van der Waals surface area contributed by atoms with Crippen molar-refractivity contribution in [1.82, 2.24) is 5.73 Å². The van der Waals surface area contributed by atoms with Gasteiger partial charge in [-0.25, -0.2) is 0 Å². The Kier molecular flexibility index (Phi) is 15.4. The van der Waals surface area contributed by atoms with Crippen molar-refractivity contribution in [3.05, 3.63) is 29.8 Å². The van der Waals surface area contributed by atoms with Crippen LogP contribution in [0.15, 0.2) is 24.3 Å². The van der Waals surface area contributed by atoms with E-state index in [1.54, 1.807) is 0 Å². The quantitative estimate of drug-likeness (QED) is 0.234. The molecule has 1 N–H and O–H groups in total. The second-order valence-corrected chi connectivity index (χ2v) is 8.02. The maximum Gasteiger partial charge on any atom is 0.238 e. The Bertz CT molecular complexity index is 501. The molecule has 0 heterocycles. The van der Waals surface area contributed by atoms with Crippen LogP contribution in [0.4, 0.5) is 0 Å². The molecule has 3 nitrogen and oxygen atoms in total. The van der Waals surface area contributed by atoms with Crippen LogP contribution in [-0.4, -0.2) is 12.5 Å². The van der Waals surface area contributed by atoms with Crippen LogP contribution >= 0.6 is 0 Å². The minimum Gasteiger partial charge on any atom is -0.494 e. The monoisotopic (exact) mass is 388 g/mol. The summed E-state index contributed by atoms with van der Waals surface area (Å²) in [7, 11) is 0. The summed E-state index contributed by atoms with van der Waals surface area (Å²) in [5, 5.41) is 0. The standard InChI is InChI=1S/C25H42NO2/c1-2-3-4-5-6-7-8-9-10-11-12-13-14-17-23-18-15-19-24(22-23)28-21-16-20-25(26)27/h15,18-19,22,26H,2-14,16-17,20-21H2,1H3. The maximum atomic E-state index is 10.6. The summed E-state index contributed by atoms with van der Waals surface area (Å²) < 4.78 is 5.68. The van der Waals surface area contributed by atoms with E-state index < -0.39 is 5.91 Å². The van der Waals surface area contributed by atoms with Crippen molar-refractivity contribution in [2.75, 3.05) is 6.61 Å². The van der Waals surface area contributed by atoms with E-state index in [0.717, 1.165) is 12.2 Å². The number of ether oxygens (including phenoxy) is 1. The van der Waals surface area contributed by atoms with Crippen molar-refractivity contribution in [2.45, 2.75) is 110 Å². The molecule has 0 aliphatic carbocycles. The van der Waals surface area contributed by atoms with Gasteiger partial charge in [-0.05, 0) is 37.0 Å². The van der Waals surface area contributed by atoms with E-state index in [1.807, 2.05) is 12.1 Å². The zero-order valence-corrected chi connectivity index (χ0v) is 18.1. The highest BCUT2D eigenvalue weighted by molar-refractivity contribution is 5.72. The highest BCUT2D eigenvalue weighted by atomic mass is 16.5. The van der Waals surface area contributed by atoms with E-state index in [4.69, 9.17) is 10.5 Å². The minimum absolute atomic E-state index is 0.276. The van der Waals surface area contributed by atoms with E-state index in [1.165, 1.54) is 89.0 Å². The van der Waals surface area contributed by atoms with Crippen molar-refractivity contribution in [2.24, 2.45) is 0 Å². The zero-order valence-electron chi connectivity index (χ0n) is 18.1. The molecule has 1 aromatic carbocycles. The molecule has 0 unspecified atom stereocenters. The summed E-state index contributed by atoms with van der Waals surface area (Å²) in [6, 6.07) is 8.29. The summed E-state index contributed by atoms with van der Waals surface area (Å²) in [6.07, 6.45) is 20.0. The number of carbonyl (C=O) groups excluding carboxylic acids is 1. The molecule has 0 saturated heterocycles. The molecule has 1 rings (SSSR count). The van der Waals surface area contributed by atoms with Crippen molar-refractivity contribution in [3.8, 4) is 5.75 Å². The molecule has 1 aromatic rings. The first kappa shape index (κ1) is 24.5. The summed E-state index contributed by atoms with van der Waals surface area (Å²) >= 11 is 0. The number of aryl methyl sites for hydroxylation is 1. The first-order valence-corrected chi connectivity index (χ1v) is 11.7. The van der Waals surface area contributed by atoms with Crippen LogP contribution in [0.25, 0.3) is 0 Å². The third-order valence-electron chi connectivity index (χ3n) is 5.28. The first-order chi connectivity index (χ1) is 13.7. The summed E-state index contributed by atoms with van der Waals surface area (Å²) in [4.78, 5) is 10.6. The van der Waals surface area contributed by atoms with Crippen LogP contribution in [-0.2, 0) is 11.2 Å². The van der Waals surface area contributed by atoms with Crippen LogP contribution in [0, 0.1) is 0 Å². The lowest BCUT2D eigenvalue weighted by Crippen LogP contribution is -2.03. The van der Waals surface area contributed by atoms with Gasteiger partial charge in [-0.3, -0.25) is 10.5 Å². The Hall–Kier alpha value is -1.51. The lowest BCUT2D eigenvalue weighted by atomic mass is 10.0. The number of hydrogen-bond acceptors (Lipinski definition) is 2. The predicted molar refractivity (Wildman–Crippen MR) is 119 cm³/mol. The third kappa shape index (κ3) is 14.5. The SMILES string of the molecule is CCCCCCCCCCCCCCCc1cccc(OCCCC([NH])=O)c1. The average molecular weight is 389 g/mol. The van der Waals surface area contributed by atoms with E-state index in [9.17, 15) is 4.79 Å². The van der Waals surface area contributed by atoms with Gasteiger partial charge in [0.2, 0.25) is 5.91 Å². The molecule has 0 fully saturated rings. The molecule has 1 radical (unpaired) electrons. The Morgan fingerprint density at radius 2 is 1.39 bits per heavy atom. The highest BCUT2D eigenvalue weighted by Crippen LogP contribution is 2.17. The summed E-state index contributed by atoms with van der Waals surface area (Å²) in [5.41, 5.74) is 8.23. The minimum atomic E-state index is -0.514. The number of hydrogen-bond donors (Lipinski definition) is 0. The van der Waals surface area contributed by atoms with Crippen molar-refractivity contribution >= 4 is 5.91 Å². The smallest absolute Gasteiger partial charge is 0.238 e. The molecule has 159 valence electrons. The van der Waals surface area contributed by atoms with Gasteiger partial charge in [0.05, 0.1) is 6.61 Å². The van der Waals surface area contributed by atoms with Gasteiger partial charge in [0.1, 0.15) is 5.75 Å². The molecule has 0 aromatic heterocycles. The van der Waals surface area contributed by atoms with Crippen molar-refractivity contribution in [1.29, 1.82) is 0 Å². The summed E-state index contributed by atoms with van der Waals surface area (Å²) in [6.45, 7) is 2.79. The largest absolute Gasteiger partial charge is 0.494 e. The fourth-order valence-electron chi connectivity index (χ4n) is 3.56. The number of unbranched alkanes of at least 4 members (excludes halogenated alkanes) is 12. The molecule has 0 spiro atoms. The fraction of sp³-hybridized carbons (Fsp3) is 0.720. The number of carbonyl (C=O) groups is 1. The van der Waals surface area contributed by atoms with Gasteiger partial charge >= 0.3 is 0 Å². The average Bonchev–Trinajstić information content (AvgIpc) is 2.69. The highest BCUT2D eigenvalue weighted by Gasteiger charge is 2.00. The first-order valence-electron chi connectivity index (χ1n) is 11.7. The molecule has 0 saturated carbocycles. The van der Waals surface area contributed by atoms with Crippen LogP contribution in [0.3, 0.4) is 0 Å². The Labute approximate surface area is 173 Å². The molecule has 0 aliphatic rings. The normalized spacial score (nSPS) is 10.9. The lowest BCUT2D eigenvalue weighted by molar-refractivity contribution is -0.118. The topological polar surface area (TPSA) is 50.1 Å². The third-order valence-corrected chi connectivity index (χ3v) is 5.28. The fourth-order valence-corrected chi connectivity index (χ4v) is 3.56. The van der Waals surface area contributed by atoms with Crippen molar-refractivity contribution < 1.29 is 9.53 Å². The summed E-state index contributed by atoms with van der Waals surface area (Å²) in [5.74, 6) is 0.365. The van der Waals surface area contributed by atoms with Crippen LogP contribution in [0.1, 0.15) is 109 Å². The molecule has 0 atom stereocenters. The van der Waals surface area contributed by atoms with Gasteiger partial charge in [0.15, 0.2) is 0 Å². The Morgan fingerprint density at radius 3 is 1.96 bits per heavy atom. The van der Waals surface area contributed by atoms with Gasteiger partial charge in [0.25, 0.3) is 0 Å². The number of benzene rings is 1. The number of amides is 1. The van der Waals surface area contributed by atoms with Crippen LogP contribution in [0.5, 0.6) is 5.75 Å². The zero-order chi connectivity index (χ0) is 20.3.